The molecule has 164 valence electrons. The number of nitrogens with one attached hydrogen (secondary N) is 1. The van der Waals surface area contributed by atoms with E-state index in [1.807, 2.05) is 30.3 Å². The Morgan fingerprint density at radius 2 is 1.69 bits per heavy atom. The summed E-state index contributed by atoms with van der Waals surface area (Å²) < 4.78 is 16.3. The lowest BCUT2D eigenvalue weighted by Crippen LogP contribution is -2.44. The molecule has 0 aliphatic carbocycles. The van der Waals surface area contributed by atoms with Crippen molar-refractivity contribution in [3.63, 3.8) is 0 Å². The van der Waals surface area contributed by atoms with Gasteiger partial charge in [-0.25, -0.2) is 0 Å². The Bertz CT molecular complexity index is 1120. The number of hydrogen-bond acceptors (Lipinski definition) is 5. The van der Waals surface area contributed by atoms with Gasteiger partial charge < -0.3 is 24.4 Å². The third-order valence-electron chi connectivity index (χ3n) is 5.22. The minimum Gasteiger partial charge on any atom is -0.497 e. The van der Waals surface area contributed by atoms with Crippen LogP contribution in [0.2, 0.25) is 0 Å². The Hall–Kier alpha value is -4.00. The summed E-state index contributed by atoms with van der Waals surface area (Å²) in [6.07, 6.45) is -0.587. The third-order valence-corrected chi connectivity index (χ3v) is 5.22. The van der Waals surface area contributed by atoms with Crippen LogP contribution in [0.3, 0.4) is 0 Å². The Morgan fingerprint density at radius 3 is 2.34 bits per heavy atom. The number of nitrogens with zero attached hydrogens (tertiary/aromatic N) is 1. The number of hydrogen-bond donors (Lipinski definition) is 1. The fourth-order valence-electron chi connectivity index (χ4n) is 3.56. The van der Waals surface area contributed by atoms with Gasteiger partial charge >= 0.3 is 0 Å². The summed E-state index contributed by atoms with van der Waals surface area (Å²) in [6.45, 7) is 2.14. The summed E-state index contributed by atoms with van der Waals surface area (Å²) in [6, 6.07) is 20.0. The molecule has 0 spiro atoms. The number of rotatable bonds is 6. The van der Waals surface area contributed by atoms with E-state index in [2.05, 4.69) is 5.32 Å². The Balaban J connectivity index is 1.62. The number of ether oxygens (including phenoxy) is 3. The number of methoxy groups -OCH3 is 2. The average Bonchev–Trinajstić information content (AvgIpc) is 2.82. The molecule has 7 nitrogen and oxygen atoms in total. The summed E-state index contributed by atoms with van der Waals surface area (Å²) in [5.74, 6) is 1.16. The SMILES string of the molecule is COc1cc(OC)cc(C(=O)Nc2ccc3c(c2)N(Cc2ccccc2)C(=O)C(C)O3)c1. The number of benzene rings is 3. The second-order valence-corrected chi connectivity index (χ2v) is 7.41. The molecule has 32 heavy (non-hydrogen) atoms. The number of carbonyl (C=O) groups excluding carboxylic acids is 2. The Morgan fingerprint density at radius 1 is 1.00 bits per heavy atom. The number of amides is 2. The van der Waals surface area contributed by atoms with Gasteiger partial charge in [0.25, 0.3) is 11.8 Å². The normalized spacial score (nSPS) is 14.9. The van der Waals surface area contributed by atoms with Crippen LogP contribution in [0.4, 0.5) is 11.4 Å². The summed E-state index contributed by atoms with van der Waals surface area (Å²) >= 11 is 0. The molecular formula is C25H24N2O5. The summed E-state index contributed by atoms with van der Waals surface area (Å²) in [7, 11) is 3.05. The predicted molar refractivity (Wildman–Crippen MR) is 122 cm³/mol. The highest BCUT2D eigenvalue weighted by Crippen LogP contribution is 2.37. The molecule has 0 fully saturated rings. The van der Waals surface area contributed by atoms with Gasteiger partial charge in [0.2, 0.25) is 0 Å². The predicted octanol–water partition coefficient (Wildman–Crippen LogP) is 4.27. The van der Waals surface area contributed by atoms with Crippen molar-refractivity contribution in [2.24, 2.45) is 0 Å². The number of fused-ring (bicyclic) bond motifs is 1. The van der Waals surface area contributed by atoms with E-state index in [9.17, 15) is 9.59 Å². The smallest absolute Gasteiger partial charge is 0.268 e. The van der Waals surface area contributed by atoms with Gasteiger partial charge in [-0.2, -0.15) is 0 Å². The highest BCUT2D eigenvalue weighted by atomic mass is 16.5. The van der Waals surface area contributed by atoms with Crippen LogP contribution in [0.25, 0.3) is 0 Å². The van der Waals surface area contributed by atoms with E-state index in [1.54, 1.807) is 48.2 Å². The van der Waals surface area contributed by atoms with Crippen LogP contribution in [-0.2, 0) is 11.3 Å². The van der Waals surface area contributed by atoms with Crippen molar-refractivity contribution < 1.29 is 23.8 Å². The maximum absolute atomic E-state index is 12.9. The van der Waals surface area contributed by atoms with Crippen molar-refractivity contribution in [3.8, 4) is 17.2 Å². The maximum Gasteiger partial charge on any atom is 0.268 e. The molecule has 0 radical (unpaired) electrons. The highest BCUT2D eigenvalue weighted by molar-refractivity contribution is 6.06. The molecule has 0 saturated carbocycles. The van der Waals surface area contributed by atoms with Crippen LogP contribution in [0.5, 0.6) is 17.2 Å². The van der Waals surface area contributed by atoms with Crippen molar-refractivity contribution >= 4 is 23.2 Å². The monoisotopic (exact) mass is 432 g/mol. The van der Waals surface area contributed by atoms with E-state index in [-0.39, 0.29) is 11.8 Å². The Labute approximate surface area is 186 Å². The third kappa shape index (κ3) is 4.37. The average molecular weight is 432 g/mol. The van der Waals surface area contributed by atoms with E-state index in [0.29, 0.717) is 40.7 Å². The molecule has 0 saturated heterocycles. The van der Waals surface area contributed by atoms with Crippen molar-refractivity contribution in [3.05, 3.63) is 77.9 Å². The van der Waals surface area contributed by atoms with Gasteiger partial charge in [0.15, 0.2) is 6.10 Å². The lowest BCUT2D eigenvalue weighted by Gasteiger charge is -2.33. The summed E-state index contributed by atoms with van der Waals surface area (Å²) in [4.78, 5) is 27.4. The number of anilines is 2. The van der Waals surface area contributed by atoms with E-state index in [0.717, 1.165) is 5.56 Å². The first-order valence-electron chi connectivity index (χ1n) is 10.2. The molecule has 1 atom stereocenters. The largest absolute Gasteiger partial charge is 0.497 e. The van der Waals surface area contributed by atoms with Gasteiger partial charge in [-0.3, -0.25) is 9.59 Å². The molecule has 0 aromatic heterocycles. The van der Waals surface area contributed by atoms with Crippen molar-refractivity contribution in [2.45, 2.75) is 19.6 Å². The molecule has 1 aliphatic rings. The summed E-state index contributed by atoms with van der Waals surface area (Å²) in [5.41, 5.74) is 2.54. The van der Waals surface area contributed by atoms with Gasteiger partial charge in [-0.05, 0) is 42.8 Å². The first kappa shape index (κ1) is 21.2. The fraction of sp³-hybridized carbons (Fsp3) is 0.200. The van der Waals surface area contributed by atoms with E-state index in [1.165, 1.54) is 14.2 Å². The first-order chi connectivity index (χ1) is 15.5. The van der Waals surface area contributed by atoms with Gasteiger partial charge in [0.1, 0.15) is 17.2 Å². The Kier molecular flexibility index (Phi) is 5.98. The van der Waals surface area contributed by atoms with Gasteiger partial charge in [-0.1, -0.05) is 30.3 Å². The molecule has 1 heterocycles. The lowest BCUT2D eigenvalue weighted by molar-refractivity contribution is -0.125. The van der Waals surface area contributed by atoms with E-state index < -0.39 is 6.10 Å². The van der Waals surface area contributed by atoms with Crippen molar-refractivity contribution in [1.82, 2.24) is 0 Å². The molecule has 3 aromatic carbocycles. The number of carbonyl (C=O) groups is 2. The molecule has 2 amide bonds. The van der Waals surface area contributed by atoms with Crippen LogP contribution in [-0.4, -0.2) is 32.1 Å². The van der Waals surface area contributed by atoms with Gasteiger partial charge in [0.05, 0.1) is 26.5 Å². The second kappa shape index (κ2) is 9.01. The van der Waals surface area contributed by atoms with E-state index >= 15 is 0 Å². The zero-order valence-electron chi connectivity index (χ0n) is 18.1. The van der Waals surface area contributed by atoms with Crippen LogP contribution in [0.1, 0.15) is 22.8 Å². The maximum atomic E-state index is 12.9. The second-order valence-electron chi connectivity index (χ2n) is 7.41. The minimum absolute atomic E-state index is 0.137. The van der Waals surface area contributed by atoms with Crippen LogP contribution < -0.4 is 24.4 Å². The first-order valence-corrected chi connectivity index (χ1v) is 10.2. The fourth-order valence-corrected chi connectivity index (χ4v) is 3.56. The molecular weight excluding hydrogens is 408 g/mol. The van der Waals surface area contributed by atoms with E-state index in [4.69, 9.17) is 14.2 Å². The topological polar surface area (TPSA) is 77.1 Å². The lowest BCUT2D eigenvalue weighted by atomic mass is 10.1. The van der Waals surface area contributed by atoms with Crippen LogP contribution >= 0.6 is 0 Å². The highest BCUT2D eigenvalue weighted by Gasteiger charge is 2.31. The molecule has 1 aliphatic heterocycles. The molecule has 7 heteroatoms. The summed E-state index contributed by atoms with van der Waals surface area (Å²) in [5, 5.41) is 2.88. The molecule has 4 rings (SSSR count). The van der Waals surface area contributed by atoms with Gasteiger partial charge in [-0.15, -0.1) is 0 Å². The zero-order valence-corrected chi connectivity index (χ0v) is 18.1. The molecule has 1 unspecified atom stereocenters. The van der Waals surface area contributed by atoms with Crippen molar-refractivity contribution in [1.29, 1.82) is 0 Å². The molecule has 1 N–H and O–H groups in total. The minimum atomic E-state index is -0.587. The van der Waals surface area contributed by atoms with Crippen LogP contribution in [0, 0.1) is 0 Å². The van der Waals surface area contributed by atoms with Gasteiger partial charge in [0, 0.05) is 17.3 Å². The standard InChI is InChI=1S/C25H24N2O5/c1-16-25(29)27(15-17-7-5-4-6-8-17)22-13-19(9-10-23(22)32-16)26-24(28)18-11-20(30-2)14-21(12-18)31-3/h4-14,16H,15H2,1-3H3,(H,26,28). The van der Waals surface area contributed by atoms with Crippen LogP contribution in [0.15, 0.2) is 66.7 Å². The molecule has 3 aromatic rings. The zero-order chi connectivity index (χ0) is 22.7. The van der Waals surface area contributed by atoms with Crippen molar-refractivity contribution in [2.75, 3.05) is 24.4 Å². The quantitative estimate of drug-likeness (QED) is 0.630. The molecule has 0 bridgehead atoms.